The summed E-state index contributed by atoms with van der Waals surface area (Å²) in [5, 5.41) is 3.03. The normalized spacial score (nSPS) is 19.8. The molecular formula is C21H29F2N3O3. The van der Waals surface area contributed by atoms with Crippen LogP contribution in [0.1, 0.15) is 73.6 Å². The summed E-state index contributed by atoms with van der Waals surface area (Å²) in [6.45, 7) is 3.03. The third-order valence-electron chi connectivity index (χ3n) is 5.32. The molecule has 0 unspecified atom stereocenters. The molecule has 0 aliphatic heterocycles. The van der Waals surface area contributed by atoms with Gasteiger partial charge in [-0.2, -0.15) is 0 Å². The fourth-order valence-corrected chi connectivity index (χ4v) is 3.75. The highest BCUT2D eigenvalue weighted by atomic mass is 19.3. The van der Waals surface area contributed by atoms with Crippen molar-refractivity contribution in [3.8, 4) is 0 Å². The summed E-state index contributed by atoms with van der Waals surface area (Å²) in [6, 6.07) is 2.91. The van der Waals surface area contributed by atoms with Crippen LogP contribution in [-0.4, -0.2) is 41.2 Å². The Bertz CT molecular complexity index is 817. The lowest BCUT2D eigenvalue weighted by Crippen LogP contribution is -2.39. The predicted octanol–water partition coefficient (Wildman–Crippen LogP) is 4.28. The third kappa shape index (κ3) is 5.30. The highest BCUT2D eigenvalue weighted by Gasteiger charge is 2.25. The second kappa shape index (κ2) is 10.1. The highest BCUT2D eigenvalue weighted by Crippen LogP contribution is 2.25. The zero-order valence-electron chi connectivity index (χ0n) is 17.0. The summed E-state index contributed by atoms with van der Waals surface area (Å²) >= 11 is 0. The zero-order valence-corrected chi connectivity index (χ0v) is 17.0. The van der Waals surface area contributed by atoms with Gasteiger partial charge in [0, 0.05) is 26.0 Å². The standard InChI is InChI=1S/C21H29F2N3O3/c1-3-4-11-29-16-7-5-14(6-8-16)25-21(27)17-9-10-26-18(19(22)23)12-15(13-28-2)24-20(17)26/h9-10,12,14,16,19H,3-8,11,13H2,1-2H3,(H,25,27)/t14-,16-. The fraction of sp³-hybridized carbons (Fsp3) is 0.619. The van der Waals surface area contributed by atoms with Crippen molar-refractivity contribution in [2.75, 3.05) is 13.7 Å². The minimum absolute atomic E-state index is 0.0557. The Balaban J connectivity index is 1.68. The van der Waals surface area contributed by atoms with Crippen molar-refractivity contribution in [1.29, 1.82) is 0 Å². The van der Waals surface area contributed by atoms with Crippen molar-refractivity contribution >= 4 is 11.6 Å². The van der Waals surface area contributed by atoms with Gasteiger partial charge in [-0.15, -0.1) is 0 Å². The quantitative estimate of drug-likeness (QED) is 0.628. The first-order valence-corrected chi connectivity index (χ1v) is 10.2. The molecule has 1 saturated carbocycles. The van der Waals surface area contributed by atoms with Gasteiger partial charge in [0.05, 0.1) is 29.7 Å². The Labute approximate surface area is 169 Å². The molecule has 6 nitrogen and oxygen atoms in total. The van der Waals surface area contributed by atoms with Gasteiger partial charge in [-0.3, -0.25) is 9.20 Å². The van der Waals surface area contributed by atoms with E-state index >= 15 is 0 Å². The molecule has 0 spiro atoms. The van der Waals surface area contributed by atoms with E-state index in [0.717, 1.165) is 45.1 Å². The minimum Gasteiger partial charge on any atom is -0.378 e. The summed E-state index contributed by atoms with van der Waals surface area (Å²) in [5.41, 5.74) is 0.689. The smallest absolute Gasteiger partial charge is 0.278 e. The predicted molar refractivity (Wildman–Crippen MR) is 105 cm³/mol. The monoisotopic (exact) mass is 409 g/mol. The van der Waals surface area contributed by atoms with Gasteiger partial charge in [0.1, 0.15) is 5.65 Å². The van der Waals surface area contributed by atoms with Crippen LogP contribution >= 0.6 is 0 Å². The number of hydrogen-bond acceptors (Lipinski definition) is 4. The molecule has 0 bridgehead atoms. The van der Waals surface area contributed by atoms with Crippen molar-refractivity contribution in [2.24, 2.45) is 0 Å². The van der Waals surface area contributed by atoms with Crippen LogP contribution in [0, 0.1) is 0 Å². The van der Waals surface area contributed by atoms with Crippen molar-refractivity contribution in [2.45, 2.75) is 70.6 Å². The fourth-order valence-electron chi connectivity index (χ4n) is 3.75. The lowest BCUT2D eigenvalue weighted by molar-refractivity contribution is 0.0209. The maximum Gasteiger partial charge on any atom is 0.278 e. The molecule has 0 radical (unpaired) electrons. The van der Waals surface area contributed by atoms with Gasteiger partial charge in [-0.05, 0) is 44.2 Å². The van der Waals surface area contributed by atoms with Crippen molar-refractivity contribution in [3.05, 3.63) is 35.3 Å². The molecule has 0 aromatic carbocycles. The van der Waals surface area contributed by atoms with Gasteiger partial charge in [-0.1, -0.05) is 13.3 Å². The number of hydrogen-bond donors (Lipinski definition) is 1. The van der Waals surface area contributed by atoms with E-state index in [2.05, 4.69) is 17.2 Å². The number of nitrogens with zero attached hydrogens (tertiary/aromatic N) is 2. The molecule has 160 valence electrons. The second-order valence-electron chi connectivity index (χ2n) is 7.50. The molecule has 1 aliphatic carbocycles. The van der Waals surface area contributed by atoms with E-state index in [4.69, 9.17) is 9.47 Å². The molecule has 3 rings (SSSR count). The average molecular weight is 409 g/mol. The van der Waals surface area contributed by atoms with Crippen LogP contribution in [0.2, 0.25) is 0 Å². The van der Waals surface area contributed by atoms with Gasteiger partial charge < -0.3 is 14.8 Å². The average Bonchev–Trinajstić information content (AvgIpc) is 3.13. The molecule has 2 aromatic heterocycles. The van der Waals surface area contributed by atoms with Gasteiger partial charge in [-0.25, -0.2) is 13.8 Å². The Kier molecular flexibility index (Phi) is 7.55. The number of nitrogens with one attached hydrogen (secondary N) is 1. The number of halogens is 2. The topological polar surface area (TPSA) is 64.9 Å². The van der Waals surface area contributed by atoms with Gasteiger partial charge in [0.2, 0.25) is 0 Å². The Morgan fingerprint density at radius 3 is 2.76 bits per heavy atom. The Morgan fingerprint density at radius 1 is 1.34 bits per heavy atom. The molecule has 2 aromatic rings. The largest absolute Gasteiger partial charge is 0.378 e. The first-order chi connectivity index (χ1) is 14.0. The van der Waals surface area contributed by atoms with E-state index in [1.54, 1.807) is 6.07 Å². The molecule has 0 saturated heterocycles. The van der Waals surface area contributed by atoms with Gasteiger partial charge in [0.15, 0.2) is 0 Å². The Morgan fingerprint density at radius 2 is 2.10 bits per heavy atom. The highest BCUT2D eigenvalue weighted by molar-refractivity contribution is 6.00. The molecular weight excluding hydrogens is 380 g/mol. The molecule has 1 aliphatic rings. The number of methoxy groups -OCH3 is 1. The number of rotatable bonds is 9. The number of alkyl halides is 2. The van der Waals surface area contributed by atoms with Crippen LogP contribution in [0.5, 0.6) is 0 Å². The summed E-state index contributed by atoms with van der Waals surface area (Å²) in [6.07, 6.45) is 4.75. The molecule has 1 N–H and O–H groups in total. The van der Waals surface area contributed by atoms with Gasteiger partial charge in [0.25, 0.3) is 12.3 Å². The number of carbonyl (C=O) groups excluding carboxylic acids is 1. The Hall–Kier alpha value is -2.06. The molecule has 2 heterocycles. The first kappa shape index (κ1) is 21.6. The van der Waals surface area contributed by atoms with Crippen molar-refractivity contribution in [1.82, 2.24) is 14.7 Å². The lowest BCUT2D eigenvalue weighted by Gasteiger charge is -2.29. The SMILES string of the molecule is CCCCO[C@H]1CC[C@H](NC(=O)c2ccn3c(C(F)F)cc(COC)nc23)CC1. The van der Waals surface area contributed by atoms with Crippen molar-refractivity contribution in [3.63, 3.8) is 0 Å². The third-order valence-corrected chi connectivity index (χ3v) is 5.32. The minimum atomic E-state index is -2.68. The van der Waals surface area contributed by atoms with E-state index in [0.29, 0.717) is 11.3 Å². The van der Waals surface area contributed by atoms with Gasteiger partial charge >= 0.3 is 0 Å². The van der Waals surface area contributed by atoms with E-state index < -0.39 is 6.43 Å². The maximum atomic E-state index is 13.4. The van der Waals surface area contributed by atoms with Crippen LogP contribution in [0.25, 0.3) is 5.65 Å². The van der Waals surface area contributed by atoms with E-state index in [1.807, 2.05) is 0 Å². The van der Waals surface area contributed by atoms with Crippen molar-refractivity contribution < 1.29 is 23.0 Å². The summed E-state index contributed by atoms with van der Waals surface area (Å²) in [7, 11) is 1.47. The van der Waals surface area contributed by atoms with E-state index in [1.165, 1.54) is 23.8 Å². The lowest BCUT2D eigenvalue weighted by atomic mass is 9.92. The number of amides is 1. The van der Waals surface area contributed by atoms with E-state index in [9.17, 15) is 13.6 Å². The molecule has 8 heteroatoms. The van der Waals surface area contributed by atoms with E-state index in [-0.39, 0.29) is 36.0 Å². The number of aromatic nitrogens is 2. The number of unbranched alkanes of at least 4 members (excludes halogenated alkanes) is 1. The van der Waals surface area contributed by atoms with Crippen LogP contribution in [0.15, 0.2) is 18.3 Å². The maximum absolute atomic E-state index is 13.4. The summed E-state index contributed by atoms with van der Waals surface area (Å²) in [4.78, 5) is 17.2. The number of ether oxygens (including phenoxy) is 2. The molecule has 1 fully saturated rings. The molecule has 0 atom stereocenters. The first-order valence-electron chi connectivity index (χ1n) is 10.2. The van der Waals surface area contributed by atoms with Crippen LogP contribution in [0.3, 0.4) is 0 Å². The molecule has 29 heavy (non-hydrogen) atoms. The molecule has 1 amide bonds. The number of carbonyl (C=O) groups is 1. The zero-order chi connectivity index (χ0) is 20.8. The number of fused-ring (bicyclic) bond motifs is 1. The second-order valence-corrected chi connectivity index (χ2v) is 7.50. The van der Waals surface area contributed by atoms with Crippen LogP contribution in [-0.2, 0) is 16.1 Å². The summed E-state index contributed by atoms with van der Waals surface area (Å²) < 4.78 is 39.1. The summed E-state index contributed by atoms with van der Waals surface area (Å²) in [5.74, 6) is -0.287. The van der Waals surface area contributed by atoms with Crippen LogP contribution in [0.4, 0.5) is 8.78 Å². The van der Waals surface area contributed by atoms with Crippen LogP contribution < -0.4 is 5.32 Å².